The number of amides is 3. The van der Waals surface area contributed by atoms with E-state index in [9.17, 15) is 14.7 Å². The highest BCUT2D eigenvalue weighted by Gasteiger charge is 2.16. The summed E-state index contributed by atoms with van der Waals surface area (Å²) in [4.78, 5) is 22.6. The second-order valence-electron chi connectivity index (χ2n) is 5.62. The van der Waals surface area contributed by atoms with Crippen LogP contribution >= 0.6 is 0 Å². The Morgan fingerprint density at radius 2 is 1.78 bits per heavy atom. The van der Waals surface area contributed by atoms with Gasteiger partial charge in [0, 0.05) is 0 Å². The molecule has 0 aliphatic heterocycles. The molecule has 3 rings (SSSR count). The molecular formula is C18H17N5O4. The van der Waals surface area contributed by atoms with Crippen LogP contribution in [-0.2, 0) is 0 Å². The van der Waals surface area contributed by atoms with Gasteiger partial charge in [-0.3, -0.25) is 4.79 Å². The fraction of sp³-hybridized carbons (Fsp3) is 0.0556. The van der Waals surface area contributed by atoms with Crippen molar-refractivity contribution in [1.82, 2.24) is 9.78 Å². The second-order valence-corrected chi connectivity index (χ2v) is 5.62. The molecule has 0 atom stereocenters. The molecule has 1 heterocycles. The van der Waals surface area contributed by atoms with Crippen molar-refractivity contribution in [1.29, 1.82) is 0 Å². The number of phenols is 1. The quantitative estimate of drug-likeness (QED) is 0.543. The summed E-state index contributed by atoms with van der Waals surface area (Å²) in [6.45, 7) is 0. The van der Waals surface area contributed by atoms with Gasteiger partial charge in [0.05, 0.1) is 24.7 Å². The fourth-order valence-electron chi connectivity index (χ4n) is 2.58. The molecule has 0 saturated heterocycles. The van der Waals surface area contributed by atoms with Gasteiger partial charge in [-0.15, -0.1) is 0 Å². The highest BCUT2D eigenvalue weighted by molar-refractivity contribution is 6.00. The van der Waals surface area contributed by atoms with Crippen LogP contribution in [0.1, 0.15) is 10.5 Å². The Morgan fingerprint density at radius 1 is 1.11 bits per heavy atom. The topological polar surface area (TPSA) is 145 Å². The van der Waals surface area contributed by atoms with Crippen molar-refractivity contribution in [3.63, 3.8) is 0 Å². The van der Waals surface area contributed by atoms with Crippen molar-refractivity contribution in [2.75, 3.05) is 12.4 Å². The number of phenolic OH excluding ortho intramolecular Hbond substituents is 1. The molecule has 0 spiro atoms. The molecule has 0 radical (unpaired) electrons. The summed E-state index contributed by atoms with van der Waals surface area (Å²) in [6, 6.07) is 11.5. The van der Waals surface area contributed by atoms with E-state index in [1.165, 1.54) is 18.0 Å². The zero-order valence-electron chi connectivity index (χ0n) is 14.3. The van der Waals surface area contributed by atoms with Crippen LogP contribution in [0.5, 0.6) is 11.5 Å². The third kappa shape index (κ3) is 3.66. The van der Waals surface area contributed by atoms with Crippen molar-refractivity contribution in [3.8, 4) is 28.3 Å². The van der Waals surface area contributed by atoms with Gasteiger partial charge in [-0.2, -0.15) is 5.10 Å². The first-order chi connectivity index (χ1) is 12.9. The van der Waals surface area contributed by atoms with E-state index < -0.39 is 11.9 Å². The first-order valence-electron chi connectivity index (χ1n) is 7.83. The molecule has 0 unspecified atom stereocenters. The zero-order chi connectivity index (χ0) is 19.6. The third-order valence-electron chi connectivity index (χ3n) is 3.85. The number of methoxy groups -OCH3 is 1. The van der Waals surface area contributed by atoms with Gasteiger partial charge in [0.15, 0.2) is 17.2 Å². The minimum absolute atomic E-state index is 0.0582. The van der Waals surface area contributed by atoms with E-state index in [1.54, 1.807) is 30.3 Å². The van der Waals surface area contributed by atoms with Gasteiger partial charge >= 0.3 is 6.03 Å². The first-order valence-corrected chi connectivity index (χ1v) is 7.83. The first kappa shape index (κ1) is 17.8. The number of nitrogens with one attached hydrogen (secondary N) is 1. The van der Waals surface area contributed by atoms with Crippen molar-refractivity contribution in [3.05, 3.63) is 54.4 Å². The van der Waals surface area contributed by atoms with E-state index in [4.69, 9.17) is 16.2 Å². The van der Waals surface area contributed by atoms with Gasteiger partial charge in [-0.05, 0) is 35.4 Å². The Bertz CT molecular complexity index is 1010. The Kier molecular flexibility index (Phi) is 4.67. The number of hydrogen-bond acceptors (Lipinski definition) is 5. The van der Waals surface area contributed by atoms with E-state index >= 15 is 0 Å². The van der Waals surface area contributed by atoms with Gasteiger partial charge in [0.2, 0.25) is 0 Å². The predicted molar refractivity (Wildman–Crippen MR) is 98.9 cm³/mol. The lowest BCUT2D eigenvalue weighted by molar-refractivity contribution is 0.0996. The third-order valence-corrected chi connectivity index (χ3v) is 3.85. The van der Waals surface area contributed by atoms with Crippen LogP contribution in [0.2, 0.25) is 0 Å². The van der Waals surface area contributed by atoms with Crippen molar-refractivity contribution < 1.29 is 19.4 Å². The number of aromatic hydroxyl groups is 1. The number of primary amides is 2. The number of nitrogens with zero attached hydrogens (tertiary/aromatic N) is 2. The Balaban J connectivity index is 1.94. The summed E-state index contributed by atoms with van der Waals surface area (Å²) in [5.74, 6) is -0.356. The van der Waals surface area contributed by atoms with Gasteiger partial charge < -0.3 is 26.6 Å². The summed E-state index contributed by atoms with van der Waals surface area (Å²) in [6.07, 6.45) is 1.45. The molecule has 0 aliphatic rings. The molecule has 9 heteroatoms. The van der Waals surface area contributed by atoms with Crippen LogP contribution in [0.25, 0.3) is 16.8 Å². The average Bonchev–Trinajstić information content (AvgIpc) is 3.05. The number of carbonyl (C=O) groups excluding carboxylic acids is 2. The molecule has 0 bridgehead atoms. The molecule has 0 aliphatic carbocycles. The number of urea groups is 1. The summed E-state index contributed by atoms with van der Waals surface area (Å²) >= 11 is 0. The molecule has 27 heavy (non-hydrogen) atoms. The Morgan fingerprint density at radius 3 is 2.37 bits per heavy atom. The zero-order valence-corrected chi connectivity index (χ0v) is 14.3. The van der Waals surface area contributed by atoms with E-state index in [-0.39, 0.29) is 17.1 Å². The summed E-state index contributed by atoms with van der Waals surface area (Å²) in [7, 11) is 1.48. The number of nitrogens with two attached hydrogens (primary N) is 2. The maximum atomic E-state index is 11.5. The number of hydrogen-bond donors (Lipinski definition) is 4. The normalized spacial score (nSPS) is 10.4. The molecule has 9 nitrogen and oxygen atoms in total. The van der Waals surface area contributed by atoms with Crippen LogP contribution < -0.4 is 21.5 Å². The molecule has 6 N–H and O–H groups in total. The lowest BCUT2D eigenvalue weighted by Gasteiger charge is -2.08. The summed E-state index contributed by atoms with van der Waals surface area (Å²) in [5.41, 5.74) is 12.8. The maximum Gasteiger partial charge on any atom is 0.316 e. The highest BCUT2D eigenvalue weighted by Crippen LogP contribution is 2.31. The number of carbonyl (C=O) groups is 2. The highest BCUT2D eigenvalue weighted by atomic mass is 16.5. The Hall–Kier alpha value is -4.01. The molecule has 138 valence electrons. The summed E-state index contributed by atoms with van der Waals surface area (Å²) < 4.78 is 6.53. The Labute approximate surface area is 154 Å². The van der Waals surface area contributed by atoms with Crippen molar-refractivity contribution >= 4 is 17.6 Å². The van der Waals surface area contributed by atoms with E-state index in [0.29, 0.717) is 11.4 Å². The minimum atomic E-state index is -0.825. The van der Waals surface area contributed by atoms with Crippen LogP contribution in [0.4, 0.5) is 10.5 Å². The van der Waals surface area contributed by atoms with Crippen LogP contribution in [0.3, 0.4) is 0 Å². The number of rotatable bonds is 5. The number of aromatic nitrogens is 2. The average molecular weight is 367 g/mol. The number of anilines is 1. The monoisotopic (exact) mass is 367 g/mol. The lowest BCUT2D eigenvalue weighted by Crippen LogP contribution is -2.22. The van der Waals surface area contributed by atoms with Crippen LogP contribution in [-0.4, -0.2) is 33.9 Å². The molecule has 3 amide bonds. The predicted octanol–water partition coefficient (Wildman–Crippen LogP) is 1.84. The minimum Gasteiger partial charge on any atom is -0.504 e. The van der Waals surface area contributed by atoms with Crippen LogP contribution in [0, 0.1) is 0 Å². The molecule has 1 aromatic heterocycles. The largest absolute Gasteiger partial charge is 0.504 e. The van der Waals surface area contributed by atoms with E-state index in [1.807, 2.05) is 12.1 Å². The molecule has 0 saturated carbocycles. The molecular weight excluding hydrogens is 350 g/mol. The SMILES string of the molecule is COc1cc(-c2ccc(-n3cc(NC(N)=O)c(C(N)=O)n3)cc2)ccc1O. The molecule has 2 aromatic carbocycles. The maximum absolute atomic E-state index is 11.5. The van der Waals surface area contributed by atoms with Gasteiger partial charge in [-0.1, -0.05) is 18.2 Å². The standard InChI is InChI=1S/C18H17N5O4/c1-27-15-8-11(4-7-14(15)24)10-2-5-12(6-3-10)23-9-13(21-18(20)26)16(22-23)17(19)25/h2-9,24H,1H3,(H2,19,25)(H3,20,21,26). The van der Waals surface area contributed by atoms with E-state index in [0.717, 1.165) is 11.1 Å². The summed E-state index contributed by atoms with van der Waals surface area (Å²) in [5, 5.41) is 16.1. The number of benzene rings is 2. The van der Waals surface area contributed by atoms with E-state index in [2.05, 4.69) is 10.4 Å². The lowest BCUT2D eigenvalue weighted by atomic mass is 10.0. The van der Waals surface area contributed by atoms with Crippen molar-refractivity contribution in [2.24, 2.45) is 11.5 Å². The van der Waals surface area contributed by atoms with Gasteiger partial charge in [-0.25, -0.2) is 9.48 Å². The van der Waals surface area contributed by atoms with Gasteiger partial charge in [0.25, 0.3) is 5.91 Å². The van der Waals surface area contributed by atoms with Crippen LogP contribution in [0.15, 0.2) is 48.7 Å². The molecule has 3 aromatic rings. The van der Waals surface area contributed by atoms with Gasteiger partial charge in [0.1, 0.15) is 0 Å². The van der Waals surface area contributed by atoms with Crippen molar-refractivity contribution in [2.45, 2.75) is 0 Å². The second kappa shape index (κ2) is 7.08. The smallest absolute Gasteiger partial charge is 0.316 e. The fourth-order valence-corrected chi connectivity index (χ4v) is 2.58. The molecule has 0 fully saturated rings. The number of ether oxygens (including phenoxy) is 1.